The topological polar surface area (TPSA) is 72.3 Å². The number of aryl methyl sites for hydroxylation is 2. The van der Waals surface area contributed by atoms with E-state index in [1.807, 2.05) is 18.5 Å². The van der Waals surface area contributed by atoms with Crippen LogP contribution in [0.3, 0.4) is 0 Å². The Morgan fingerprint density at radius 2 is 2.08 bits per heavy atom. The molecule has 1 N–H and O–H groups in total. The smallest absolute Gasteiger partial charge is 0.224 e. The number of nitrogens with one attached hydrogen (secondary N) is 1. The largest absolute Gasteiger partial charge is 0.381 e. The van der Waals surface area contributed by atoms with E-state index in [4.69, 9.17) is 4.74 Å². The summed E-state index contributed by atoms with van der Waals surface area (Å²) in [7, 11) is 0. The number of likely N-dealkylation sites (tertiary alicyclic amines) is 1. The van der Waals surface area contributed by atoms with E-state index in [0.717, 1.165) is 63.6 Å². The fraction of sp³-hybridized carbons (Fsp3) is 0.824. The molecule has 2 fully saturated rings. The summed E-state index contributed by atoms with van der Waals surface area (Å²) in [5, 5.41) is 7.41. The predicted octanol–water partition coefficient (Wildman–Crippen LogP) is 0.902. The number of rotatable bonds is 5. The lowest BCUT2D eigenvalue weighted by molar-refractivity contribution is -0.127. The number of piperidine rings is 1. The molecule has 0 saturated carbocycles. The monoisotopic (exact) mass is 335 g/mol. The van der Waals surface area contributed by atoms with E-state index in [9.17, 15) is 4.79 Å². The third kappa shape index (κ3) is 4.33. The van der Waals surface area contributed by atoms with Crippen LogP contribution in [0, 0.1) is 19.8 Å². The van der Waals surface area contributed by atoms with Gasteiger partial charge in [0.25, 0.3) is 0 Å². The minimum atomic E-state index is 0.111. The minimum Gasteiger partial charge on any atom is -0.381 e. The van der Waals surface area contributed by atoms with Gasteiger partial charge in [-0.2, -0.15) is 5.10 Å². The van der Waals surface area contributed by atoms with Crippen molar-refractivity contribution < 1.29 is 9.53 Å². The van der Waals surface area contributed by atoms with Crippen molar-refractivity contribution in [3.05, 3.63) is 11.6 Å². The Bertz CT molecular complexity index is 553. The molecule has 2 aliphatic rings. The summed E-state index contributed by atoms with van der Waals surface area (Å²) in [6.45, 7) is 8.82. The first-order valence-electron chi connectivity index (χ1n) is 9.11. The first-order valence-corrected chi connectivity index (χ1v) is 9.11. The van der Waals surface area contributed by atoms with Crippen LogP contribution in [-0.4, -0.2) is 64.5 Å². The van der Waals surface area contributed by atoms with Crippen molar-refractivity contribution in [2.45, 2.75) is 52.1 Å². The van der Waals surface area contributed by atoms with Crippen LogP contribution in [0.1, 0.15) is 37.3 Å². The molecule has 0 spiro atoms. The molecule has 1 aromatic rings. The van der Waals surface area contributed by atoms with Crippen molar-refractivity contribution in [2.24, 2.45) is 5.92 Å². The standard InChI is InChI=1S/C17H29N5O2/c1-13-19-14(2)22(20-13)9-7-18-17(23)15-4-3-8-21(12-15)16-5-10-24-11-6-16/h15-16H,3-12H2,1-2H3,(H,18,23). The number of carbonyl (C=O) groups excluding carboxylic acids is 1. The summed E-state index contributed by atoms with van der Waals surface area (Å²) in [6, 6.07) is 0.593. The summed E-state index contributed by atoms with van der Waals surface area (Å²) in [5.74, 6) is 1.96. The molecule has 0 aromatic carbocycles. The fourth-order valence-corrected chi connectivity index (χ4v) is 3.80. The summed E-state index contributed by atoms with van der Waals surface area (Å²) in [5.41, 5.74) is 0. The van der Waals surface area contributed by atoms with Crippen molar-refractivity contribution in [3.63, 3.8) is 0 Å². The van der Waals surface area contributed by atoms with Crippen LogP contribution in [0.15, 0.2) is 0 Å². The molecule has 7 heteroatoms. The maximum atomic E-state index is 12.5. The van der Waals surface area contributed by atoms with Gasteiger partial charge in [0.1, 0.15) is 11.6 Å². The molecule has 7 nitrogen and oxygen atoms in total. The van der Waals surface area contributed by atoms with Crippen LogP contribution in [0.4, 0.5) is 0 Å². The second-order valence-corrected chi connectivity index (χ2v) is 6.90. The molecule has 1 amide bonds. The van der Waals surface area contributed by atoms with Crippen LogP contribution in [-0.2, 0) is 16.1 Å². The summed E-state index contributed by atoms with van der Waals surface area (Å²) < 4.78 is 7.30. The molecular formula is C17H29N5O2. The van der Waals surface area contributed by atoms with Gasteiger partial charge in [-0.1, -0.05) is 0 Å². The third-order valence-corrected chi connectivity index (χ3v) is 5.12. The Kier molecular flexibility index (Phi) is 5.84. The van der Waals surface area contributed by atoms with Gasteiger partial charge in [0, 0.05) is 32.3 Å². The number of ether oxygens (including phenoxy) is 1. The van der Waals surface area contributed by atoms with E-state index in [1.165, 1.54) is 0 Å². The van der Waals surface area contributed by atoms with Crippen LogP contribution >= 0.6 is 0 Å². The maximum Gasteiger partial charge on any atom is 0.224 e. The average molecular weight is 335 g/mol. The molecule has 1 unspecified atom stereocenters. The molecule has 3 heterocycles. The highest BCUT2D eigenvalue weighted by molar-refractivity contribution is 5.78. The van der Waals surface area contributed by atoms with Gasteiger partial charge in [-0.25, -0.2) is 9.67 Å². The van der Waals surface area contributed by atoms with E-state index >= 15 is 0 Å². The zero-order chi connectivity index (χ0) is 16.9. The van der Waals surface area contributed by atoms with E-state index in [0.29, 0.717) is 19.1 Å². The van der Waals surface area contributed by atoms with Crippen LogP contribution < -0.4 is 5.32 Å². The highest BCUT2D eigenvalue weighted by atomic mass is 16.5. The molecule has 1 atom stereocenters. The van der Waals surface area contributed by atoms with E-state index < -0.39 is 0 Å². The summed E-state index contributed by atoms with van der Waals surface area (Å²) >= 11 is 0. The number of aromatic nitrogens is 3. The maximum absolute atomic E-state index is 12.5. The lowest BCUT2D eigenvalue weighted by atomic mass is 9.94. The zero-order valence-electron chi connectivity index (χ0n) is 14.8. The first kappa shape index (κ1) is 17.4. The van der Waals surface area contributed by atoms with E-state index in [2.05, 4.69) is 20.3 Å². The number of carbonyl (C=O) groups is 1. The molecule has 2 aliphatic heterocycles. The summed E-state index contributed by atoms with van der Waals surface area (Å²) in [4.78, 5) is 19.3. The SMILES string of the molecule is Cc1nc(C)n(CCNC(=O)C2CCCN(C3CCOCC3)C2)n1. The number of amides is 1. The van der Waals surface area contributed by atoms with Gasteiger partial charge in [-0.3, -0.25) is 9.69 Å². The lowest BCUT2D eigenvalue weighted by Crippen LogP contribution is -2.49. The molecule has 0 radical (unpaired) electrons. The Morgan fingerprint density at radius 1 is 1.29 bits per heavy atom. The number of hydrogen-bond donors (Lipinski definition) is 1. The third-order valence-electron chi connectivity index (χ3n) is 5.12. The van der Waals surface area contributed by atoms with Gasteiger partial charge >= 0.3 is 0 Å². The van der Waals surface area contributed by atoms with E-state index in [-0.39, 0.29) is 11.8 Å². The molecule has 0 bridgehead atoms. The molecular weight excluding hydrogens is 306 g/mol. The quantitative estimate of drug-likeness (QED) is 0.866. The highest BCUT2D eigenvalue weighted by Gasteiger charge is 2.30. The van der Waals surface area contributed by atoms with Crippen molar-refractivity contribution in [1.29, 1.82) is 0 Å². The second-order valence-electron chi connectivity index (χ2n) is 6.90. The van der Waals surface area contributed by atoms with Crippen molar-refractivity contribution in [3.8, 4) is 0 Å². The fourth-order valence-electron chi connectivity index (χ4n) is 3.80. The lowest BCUT2D eigenvalue weighted by Gasteiger charge is -2.39. The van der Waals surface area contributed by atoms with Crippen molar-refractivity contribution >= 4 is 5.91 Å². The molecule has 2 saturated heterocycles. The molecule has 134 valence electrons. The van der Waals surface area contributed by atoms with Gasteiger partial charge in [0.05, 0.1) is 12.5 Å². The number of nitrogens with zero attached hydrogens (tertiary/aromatic N) is 4. The first-order chi connectivity index (χ1) is 11.6. The Labute approximate surface area is 143 Å². The molecule has 0 aliphatic carbocycles. The average Bonchev–Trinajstić information content (AvgIpc) is 2.93. The van der Waals surface area contributed by atoms with Crippen LogP contribution in [0.25, 0.3) is 0 Å². The van der Waals surface area contributed by atoms with Gasteiger partial charge < -0.3 is 10.1 Å². The molecule has 1 aromatic heterocycles. The Balaban J connectivity index is 1.45. The van der Waals surface area contributed by atoms with Gasteiger partial charge in [0.2, 0.25) is 5.91 Å². The molecule has 3 rings (SSSR count). The van der Waals surface area contributed by atoms with Crippen LogP contribution in [0.5, 0.6) is 0 Å². The molecule has 24 heavy (non-hydrogen) atoms. The van der Waals surface area contributed by atoms with Crippen LogP contribution in [0.2, 0.25) is 0 Å². The van der Waals surface area contributed by atoms with Gasteiger partial charge in [0.15, 0.2) is 0 Å². The van der Waals surface area contributed by atoms with Gasteiger partial charge in [-0.05, 0) is 46.1 Å². The second kappa shape index (κ2) is 8.07. The highest BCUT2D eigenvalue weighted by Crippen LogP contribution is 2.23. The summed E-state index contributed by atoms with van der Waals surface area (Å²) in [6.07, 6.45) is 4.29. The normalized spacial score (nSPS) is 23.3. The Hall–Kier alpha value is -1.47. The van der Waals surface area contributed by atoms with E-state index in [1.54, 1.807) is 0 Å². The van der Waals surface area contributed by atoms with Crippen molar-refractivity contribution in [1.82, 2.24) is 25.0 Å². The zero-order valence-corrected chi connectivity index (χ0v) is 14.8. The number of hydrogen-bond acceptors (Lipinski definition) is 5. The van der Waals surface area contributed by atoms with Gasteiger partial charge in [-0.15, -0.1) is 0 Å². The minimum absolute atomic E-state index is 0.111. The Morgan fingerprint density at radius 3 is 2.79 bits per heavy atom. The predicted molar refractivity (Wildman–Crippen MR) is 90.6 cm³/mol. The van der Waals surface area contributed by atoms with Crippen molar-refractivity contribution in [2.75, 3.05) is 32.8 Å².